The molecule has 0 amide bonds. The molecule has 5 rings (SSSR count). The van der Waals surface area contributed by atoms with E-state index in [0.717, 1.165) is 51.8 Å². The standard InChI is InChI=1S/C30H38F2N8/c1-6-25(39-12-8-11-38(7-2)13-14-39)21-9-10-27(33-17-21)36-30-34-18-24(32)28(37-30)22-15-23(31)29-26(16-22)40(19(3)4)20(5)35-29/h9-10,15-19,25H,6-8,11-14H2,1-5H3,(H,33,34,36,37). The van der Waals surface area contributed by atoms with E-state index in [0.29, 0.717) is 28.8 Å². The van der Waals surface area contributed by atoms with Gasteiger partial charge in [-0.2, -0.15) is 0 Å². The number of imidazole rings is 1. The largest absolute Gasteiger partial charge is 0.326 e. The topological polar surface area (TPSA) is 75.0 Å². The van der Waals surface area contributed by atoms with E-state index in [1.165, 1.54) is 11.6 Å². The molecule has 10 heteroatoms. The highest BCUT2D eigenvalue weighted by atomic mass is 19.1. The Hall–Kier alpha value is -3.50. The first kappa shape index (κ1) is 28.0. The van der Waals surface area contributed by atoms with Gasteiger partial charge in [-0.15, -0.1) is 0 Å². The van der Waals surface area contributed by atoms with Crippen molar-refractivity contribution < 1.29 is 8.78 Å². The molecule has 1 saturated heterocycles. The fourth-order valence-corrected chi connectivity index (χ4v) is 5.80. The second-order valence-corrected chi connectivity index (χ2v) is 10.7. The van der Waals surface area contributed by atoms with Crippen molar-refractivity contribution in [2.75, 3.05) is 38.0 Å². The molecule has 212 valence electrons. The molecule has 1 aromatic carbocycles. The monoisotopic (exact) mass is 548 g/mol. The maximum atomic E-state index is 15.0. The third kappa shape index (κ3) is 5.69. The Morgan fingerprint density at radius 2 is 1.77 bits per heavy atom. The Morgan fingerprint density at radius 3 is 2.48 bits per heavy atom. The van der Waals surface area contributed by atoms with Crippen LogP contribution in [0.15, 0.2) is 36.7 Å². The van der Waals surface area contributed by atoms with Gasteiger partial charge < -0.3 is 14.8 Å². The van der Waals surface area contributed by atoms with E-state index in [4.69, 9.17) is 0 Å². The van der Waals surface area contributed by atoms with Gasteiger partial charge in [0.15, 0.2) is 11.6 Å². The highest BCUT2D eigenvalue weighted by molar-refractivity contribution is 5.83. The van der Waals surface area contributed by atoms with Gasteiger partial charge in [0, 0.05) is 43.5 Å². The summed E-state index contributed by atoms with van der Waals surface area (Å²) < 4.78 is 31.9. The quantitative estimate of drug-likeness (QED) is 0.278. The number of rotatable bonds is 8. The van der Waals surface area contributed by atoms with E-state index < -0.39 is 11.6 Å². The number of nitrogens with zero attached hydrogens (tertiary/aromatic N) is 7. The third-order valence-corrected chi connectivity index (χ3v) is 7.77. The average Bonchev–Trinajstić information content (AvgIpc) is 3.11. The molecule has 4 aromatic rings. The van der Waals surface area contributed by atoms with Gasteiger partial charge >= 0.3 is 0 Å². The fraction of sp³-hybridized carbons (Fsp3) is 0.467. The molecule has 1 fully saturated rings. The first-order valence-corrected chi connectivity index (χ1v) is 14.2. The van der Waals surface area contributed by atoms with Crippen LogP contribution in [-0.2, 0) is 0 Å². The van der Waals surface area contributed by atoms with Crippen molar-refractivity contribution in [3.8, 4) is 11.3 Å². The molecule has 4 heterocycles. The van der Waals surface area contributed by atoms with Crippen LogP contribution in [0.2, 0.25) is 0 Å². The summed E-state index contributed by atoms with van der Waals surface area (Å²) in [6, 6.07) is 7.35. The Morgan fingerprint density at radius 1 is 0.950 bits per heavy atom. The molecule has 0 saturated carbocycles. The van der Waals surface area contributed by atoms with Crippen molar-refractivity contribution in [3.05, 3.63) is 59.7 Å². The second-order valence-electron chi connectivity index (χ2n) is 10.7. The zero-order chi connectivity index (χ0) is 28.4. The van der Waals surface area contributed by atoms with Crippen molar-refractivity contribution in [3.63, 3.8) is 0 Å². The Labute approximate surface area is 234 Å². The lowest BCUT2D eigenvalue weighted by Crippen LogP contribution is -2.33. The molecule has 0 bridgehead atoms. The number of benzene rings is 1. The van der Waals surface area contributed by atoms with Gasteiger partial charge in [0.2, 0.25) is 5.95 Å². The summed E-state index contributed by atoms with van der Waals surface area (Å²) in [6.07, 6.45) is 5.15. The summed E-state index contributed by atoms with van der Waals surface area (Å²) in [5.74, 6) is 0.288. The Kier molecular flexibility index (Phi) is 8.37. The first-order chi connectivity index (χ1) is 19.3. The molecule has 1 aliphatic rings. The lowest BCUT2D eigenvalue weighted by atomic mass is 10.0. The molecule has 40 heavy (non-hydrogen) atoms. The van der Waals surface area contributed by atoms with Crippen LogP contribution in [0.1, 0.15) is 64.0 Å². The molecular formula is C30H38F2N8. The summed E-state index contributed by atoms with van der Waals surface area (Å²) in [5, 5.41) is 3.08. The van der Waals surface area contributed by atoms with Gasteiger partial charge in [-0.25, -0.2) is 28.7 Å². The Bertz CT molecular complexity index is 1470. The van der Waals surface area contributed by atoms with Gasteiger partial charge in [0.05, 0.1) is 11.7 Å². The van der Waals surface area contributed by atoms with Gasteiger partial charge in [0.25, 0.3) is 0 Å². The average molecular weight is 549 g/mol. The lowest BCUT2D eigenvalue weighted by molar-refractivity contribution is 0.195. The Balaban J connectivity index is 1.37. The number of aryl methyl sites for hydroxylation is 1. The number of hydrogen-bond donors (Lipinski definition) is 1. The maximum Gasteiger partial charge on any atom is 0.229 e. The van der Waals surface area contributed by atoms with Crippen LogP contribution in [0.4, 0.5) is 20.5 Å². The second kappa shape index (κ2) is 11.9. The first-order valence-electron chi connectivity index (χ1n) is 14.2. The normalized spacial score (nSPS) is 16.0. The minimum absolute atomic E-state index is 0.0115. The SMILES string of the molecule is CCC(c1ccc(Nc2ncc(F)c(-c3cc(F)c4nc(C)n(C(C)C)c4c3)n2)nc1)N1CCCN(CC)CC1. The van der Waals surface area contributed by atoms with Crippen LogP contribution in [0, 0.1) is 18.6 Å². The van der Waals surface area contributed by atoms with Gasteiger partial charge in [-0.3, -0.25) is 4.90 Å². The van der Waals surface area contributed by atoms with Crippen LogP contribution in [0.25, 0.3) is 22.3 Å². The predicted molar refractivity (Wildman–Crippen MR) is 155 cm³/mol. The minimum Gasteiger partial charge on any atom is -0.326 e. The fourth-order valence-electron chi connectivity index (χ4n) is 5.80. The van der Waals surface area contributed by atoms with Crippen molar-refractivity contribution in [1.82, 2.24) is 34.3 Å². The van der Waals surface area contributed by atoms with Gasteiger partial charge in [-0.05, 0) is 70.5 Å². The molecule has 1 N–H and O–H groups in total. The van der Waals surface area contributed by atoms with E-state index in [1.54, 1.807) is 6.07 Å². The third-order valence-electron chi connectivity index (χ3n) is 7.77. The van der Waals surface area contributed by atoms with E-state index in [2.05, 4.69) is 55.0 Å². The summed E-state index contributed by atoms with van der Waals surface area (Å²) in [6.45, 7) is 15.7. The van der Waals surface area contributed by atoms with Crippen LogP contribution < -0.4 is 5.32 Å². The summed E-state index contributed by atoms with van der Waals surface area (Å²) >= 11 is 0. The molecule has 1 atom stereocenters. The zero-order valence-corrected chi connectivity index (χ0v) is 24.0. The van der Waals surface area contributed by atoms with Crippen LogP contribution in [0.3, 0.4) is 0 Å². The molecular weight excluding hydrogens is 510 g/mol. The summed E-state index contributed by atoms with van der Waals surface area (Å²) in [4.78, 5) is 22.5. The number of aromatic nitrogens is 5. The molecule has 0 spiro atoms. The smallest absolute Gasteiger partial charge is 0.229 e. The van der Waals surface area contributed by atoms with E-state index in [-0.39, 0.29) is 23.2 Å². The van der Waals surface area contributed by atoms with Crippen molar-refractivity contribution in [2.24, 2.45) is 0 Å². The van der Waals surface area contributed by atoms with E-state index in [9.17, 15) is 4.39 Å². The van der Waals surface area contributed by atoms with Crippen LogP contribution in [-0.4, -0.2) is 67.0 Å². The molecule has 0 aliphatic carbocycles. The number of nitrogens with one attached hydrogen (secondary N) is 1. The maximum absolute atomic E-state index is 15.0. The minimum atomic E-state index is -0.634. The lowest BCUT2D eigenvalue weighted by Gasteiger charge is -2.30. The number of hydrogen-bond acceptors (Lipinski definition) is 7. The molecule has 8 nitrogen and oxygen atoms in total. The van der Waals surface area contributed by atoms with Gasteiger partial charge in [-0.1, -0.05) is 19.9 Å². The highest BCUT2D eigenvalue weighted by Gasteiger charge is 2.22. The summed E-state index contributed by atoms with van der Waals surface area (Å²) in [5.41, 5.74) is 2.37. The molecule has 1 unspecified atom stereocenters. The number of fused-ring (bicyclic) bond motifs is 1. The van der Waals surface area contributed by atoms with E-state index in [1.807, 2.05) is 37.6 Å². The van der Waals surface area contributed by atoms with Crippen molar-refractivity contribution >= 4 is 22.8 Å². The van der Waals surface area contributed by atoms with Crippen molar-refractivity contribution in [2.45, 2.75) is 59.5 Å². The number of anilines is 2. The van der Waals surface area contributed by atoms with E-state index >= 15 is 4.39 Å². The van der Waals surface area contributed by atoms with Gasteiger partial charge in [0.1, 0.15) is 22.9 Å². The number of likely N-dealkylation sites (N-methyl/N-ethyl adjacent to an activating group) is 1. The molecule has 0 radical (unpaired) electrons. The predicted octanol–water partition coefficient (Wildman–Crippen LogP) is 6.28. The zero-order valence-electron chi connectivity index (χ0n) is 24.0. The number of pyridine rings is 1. The van der Waals surface area contributed by atoms with Crippen molar-refractivity contribution in [1.29, 1.82) is 0 Å². The summed E-state index contributed by atoms with van der Waals surface area (Å²) in [7, 11) is 0. The highest BCUT2D eigenvalue weighted by Crippen LogP contribution is 2.31. The van der Waals surface area contributed by atoms with Crippen LogP contribution in [0.5, 0.6) is 0 Å². The number of halogens is 2. The molecule has 3 aromatic heterocycles. The van der Waals surface area contributed by atoms with Crippen LogP contribution >= 0.6 is 0 Å². The molecule has 1 aliphatic heterocycles.